The lowest BCUT2D eigenvalue weighted by Crippen LogP contribution is -2.29. The van der Waals surface area contributed by atoms with Crippen LogP contribution in [0, 0.1) is 5.92 Å². The van der Waals surface area contributed by atoms with Crippen LogP contribution in [0.15, 0.2) is 41.9 Å². The molecule has 0 spiro atoms. The molecule has 0 radical (unpaired) electrons. The Morgan fingerprint density at radius 1 is 1.38 bits per heavy atom. The molecule has 21 heavy (non-hydrogen) atoms. The Morgan fingerprint density at radius 3 is 2.81 bits per heavy atom. The van der Waals surface area contributed by atoms with Crippen LogP contribution in [0.2, 0.25) is 0 Å². The molecule has 2 aromatic rings. The molecule has 0 bridgehead atoms. The van der Waals surface area contributed by atoms with Crippen molar-refractivity contribution in [2.45, 2.75) is 19.4 Å². The van der Waals surface area contributed by atoms with Crippen molar-refractivity contribution in [3.63, 3.8) is 0 Å². The average Bonchev–Trinajstić information content (AvgIpc) is 3.16. The van der Waals surface area contributed by atoms with Gasteiger partial charge in [0.2, 0.25) is 5.91 Å². The third-order valence-corrected chi connectivity index (χ3v) is 4.71. The standard InChI is InChI=1S/C16H16N2O2S/c1-11(12-5-3-2-4-6-12)18-10-13(9-14(18)19)15(20)16-17-7-8-21-16/h2-8,11,13H,9-10H2,1H3/t11-,13-/m1/s1. The van der Waals surface area contributed by atoms with Crippen LogP contribution >= 0.6 is 11.3 Å². The van der Waals surface area contributed by atoms with Crippen molar-refractivity contribution in [2.24, 2.45) is 5.92 Å². The predicted molar refractivity (Wildman–Crippen MR) is 81.1 cm³/mol. The summed E-state index contributed by atoms with van der Waals surface area (Å²) in [5.41, 5.74) is 1.09. The van der Waals surface area contributed by atoms with Crippen molar-refractivity contribution in [3.05, 3.63) is 52.5 Å². The van der Waals surface area contributed by atoms with Gasteiger partial charge in [-0.3, -0.25) is 9.59 Å². The van der Waals surface area contributed by atoms with Gasteiger partial charge >= 0.3 is 0 Å². The minimum absolute atomic E-state index is 0.00667. The van der Waals surface area contributed by atoms with Crippen LogP contribution in [-0.4, -0.2) is 28.1 Å². The molecule has 3 rings (SSSR count). The minimum Gasteiger partial charge on any atom is -0.335 e. The maximum absolute atomic E-state index is 12.3. The quantitative estimate of drug-likeness (QED) is 0.816. The Bertz CT molecular complexity index is 640. The van der Waals surface area contributed by atoms with E-state index in [0.717, 1.165) is 5.56 Å². The number of hydrogen-bond acceptors (Lipinski definition) is 4. The van der Waals surface area contributed by atoms with E-state index in [2.05, 4.69) is 4.98 Å². The maximum Gasteiger partial charge on any atom is 0.223 e. The van der Waals surface area contributed by atoms with Crippen molar-refractivity contribution in [2.75, 3.05) is 6.54 Å². The number of hydrogen-bond donors (Lipinski definition) is 0. The second kappa shape index (κ2) is 5.77. The van der Waals surface area contributed by atoms with Crippen LogP contribution in [-0.2, 0) is 4.79 Å². The largest absolute Gasteiger partial charge is 0.335 e. The van der Waals surface area contributed by atoms with E-state index in [9.17, 15) is 9.59 Å². The summed E-state index contributed by atoms with van der Waals surface area (Å²) in [6, 6.07) is 9.89. The highest BCUT2D eigenvalue weighted by Gasteiger charge is 2.37. The predicted octanol–water partition coefficient (Wildman–Crippen LogP) is 2.94. The number of likely N-dealkylation sites (tertiary alicyclic amines) is 1. The number of rotatable bonds is 4. The van der Waals surface area contributed by atoms with E-state index in [-0.39, 0.29) is 30.1 Å². The van der Waals surface area contributed by atoms with E-state index in [4.69, 9.17) is 0 Å². The maximum atomic E-state index is 12.3. The second-order valence-corrected chi connectivity index (χ2v) is 6.13. The van der Waals surface area contributed by atoms with Crippen molar-refractivity contribution in [1.82, 2.24) is 9.88 Å². The monoisotopic (exact) mass is 300 g/mol. The molecule has 1 fully saturated rings. The molecule has 1 amide bonds. The fraction of sp³-hybridized carbons (Fsp3) is 0.312. The lowest BCUT2D eigenvalue weighted by atomic mass is 10.0. The van der Waals surface area contributed by atoms with Crippen LogP contribution < -0.4 is 0 Å². The van der Waals surface area contributed by atoms with Gasteiger partial charge in [0.05, 0.1) is 12.0 Å². The van der Waals surface area contributed by atoms with Crippen LogP contribution in [0.5, 0.6) is 0 Å². The summed E-state index contributed by atoms with van der Waals surface area (Å²) < 4.78 is 0. The van der Waals surface area contributed by atoms with Gasteiger partial charge in [-0.25, -0.2) is 4.98 Å². The number of thiazole rings is 1. The van der Waals surface area contributed by atoms with Crippen molar-refractivity contribution in [3.8, 4) is 0 Å². The summed E-state index contributed by atoms with van der Waals surface area (Å²) in [5.74, 6) is -0.239. The number of aromatic nitrogens is 1. The first-order chi connectivity index (χ1) is 10.2. The first-order valence-electron chi connectivity index (χ1n) is 6.95. The summed E-state index contributed by atoms with van der Waals surface area (Å²) in [6.07, 6.45) is 1.91. The van der Waals surface area contributed by atoms with Gasteiger partial charge in [0, 0.05) is 24.5 Å². The summed E-state index contributed by atoms with van der Waals surface area (Å²) in [6.45, 7) is 2.48. The van der Waals surface area contributed by atoms with E-state index in [1.54, 1.807) is 16.5 Å². The number of benzene rings is 1. The van der Waals surface area contributed by atoms with Gasteiger partial charge in [0.25, 0.3) is 0 Å². The molecular weight excluding hydrogens is 284 g/mol. The fourth-order valence-electron chi connectivity index (χ4n) is 2.71. The van der Waals surface area contributed by atoms with Crippen LogP contribution in [0.1, 0.15) is 34.8 Å². The van der Waals surface area contributed by atoms with Crippen LogP contribution in [0.25, 0.3) is 0 Å². The number of amides is 1. The molecule has 1 aromatic carbocycles. The molecule has 108 valence electrons. The van der Waals surface area contributed by atoms with Gasteiger partial charge in [-0.1, -0.05) is 30.3 Å². The van der Waals surface area contributed by atoms with Gasteiger partial charge < -0.3 is 4.90 Å². The first-order valence-corrected chi connectivity index (χ1v) is 7.83. The molecule has 1 aliphatic rings. The zero-order valence-corrected chi connectivity index (χ0v) is 12.5. The third-order valence-electron chi connectivity index (χ3n) is 3.92. The molecule has 0 N–H and O–H groups in total. The molecule has 0 unspecified atom stereocenters. The van der Waals surface area contributed by atoms with Gasteiger partial charge in [-0.2, -0.15) is 0 Å². The van der Waals surface area contributed by atoms with Crippen molar-refractivity contribution >= 4 is 23.0 Å². The summed E-state index contributed by atoms with van der Waals surface area (Å²) in [4.78, 5) is 30.4. The Balaban J connectivity index is 1.75. The SMILES string of the molecule is C[C@H](c1ccccc1)N1C[C@H](C(=O)c2nccs2)CC1=O. The normalized spacial score (nSPS) is 19.8. The molecule has 1 aliphatic heterocycles. The molecular formula is C16H16N2O2S. The average molecular weight is 300 g/mol. The van der Waals surface area contributed by atoms with E-state index >= 15 is 0 Å². The van der Waals surface area contributed by atoms with E-state index in [1.165, 1.54) is 11.3 Å². The Morgan fingerprint density at radius 2 is 2.14 bits per heavy atom. The summed E-state index contributed by atoms with van der Waals surface area (Å²) >= 11 is 1.33. The van der Waals surface area contributed by atoms with E-state index < -0.39 is 0 Å². The first kappa shape index (κ1) is 13.9. The summed E-state index contributed by atoms with van der Waals surface area (Å²) in [7, 11) is 0. The Labute approximate surface area is 127 Å². The Kier molecular flexibility index (Phi) is 3.84. The lowest BCUT2D eigenvalue weighted by Gasteiger charge is -2.25. The number of Topliss-reactive ketones (excluding diaryl/α,β-unsaturated/α-hetero) is 1. The highest BCUT2D eigenvalue weighted by molar-refractivity contribution is 7.11. The molecule has 5 heteroatoms. The topological polar surface area (TPSA) is 50.3 Å². The van der Waals surface area contributed by atoms with Crippen LogP contribution in [0.3, 0.4) is 0 Å². The lowest BCUT2D eigenvalue weighted by molar-refractivity contribution is -0.129. The highest BCUT2D eigenvalue weighted by Crippen LogP contribution is 2.30. The van der Waals surface area contributed by atoms with Crippen molar-refractivity contribution in [1.29, 1.82) is 0 Å². The van der Waals surface area contributed by atoms with E-state index in [0.29, 0.717) is 11.6 Å². The Hall–Kier alpha value is -2.01. The van der Waals surface area contributed by atoms with Crippen molar-refractivity contribution < 1.29 is 9.59 Å². The van der Waals surface area contributed by atoms with E-state index in [1.807, 2.05) is 37.3 Å². The van der Waals surface area contributed by atoms with Gasteiger partial charge in [-0.15, -0.1) is 11.3 Å². The number of carbonyl (C=O) groups is 2. The molecule has 0 saturated carbocycles. The zero-order chi connectivity index (χ0) is 14.8. The second-order valence-electron chi connectivity index (χ2n) is 5.24. The molecule has 2 heterocycles. The zero-order valence-electron chi connectivity index (χ0n) is 11.7. The molecule has 4 nitrogen and oxygen atoms in total. The van der Waals surface area contributed by atoms with Gasteiger partial charge in [0.1, 0.15) is 0 Å². The third kappa shape index (κ3) is 2.74. The fourth-order valence-corrected chi connectivity index (χ4v) is 3.37. The minimum atomic E-state index is -0.269. The molecule has 0 aliphatic carbocycles. The smallest absolute Gasteiger partial charge is 0.223 e. The number of ketones is 1. The molecule has 1 saturated heterocycles. The molecule has 1 aromatic heterocycles. The number of carbonyl (C=O) groups excluding carboxylic acids is 2. The molecule has 2 atom stereocenters. The van der Waals surface area contributed by atoms with Gasteiger partial charge in [0.15, 0.2) is 10.8 Å². The summed E-state index contributed by atoms with van der Waals surface area (Å²) in [5, 5.41) is 2.29. The van der Waals surface area contributed by atoms with Gasteiger partial charge in [-0.05, 0) is 12.5 Å². The number of nitrogens with zero attached hydrogens (tertiary/aromatic N) is 2. The van der Waals surface area contributed by atoms with Crippen LogP contribution in [0.4, 0.5) is 0 Å². The highest BCUT2D eigenvalue weighted by atomic mass is 32.1.